The fraction of sp³-hybridized carbons (Fsp3) is 0.429. The first-order valence-corrected chi connectivity index (χ1v) is 3.82. The number of rotatable bonds is 2. The van der Waals surface area contributed by atoms with Crippen LogP contribution in [0.4, 0.5) is 17.3 Å². The highest BCUT2D eigenvalue weighted by molar-refractivity contribution is 5.66. The monoisotopic (exact) mass is 168 g/mol. The van der Waals surface area contributed by atoms with Crippen LogP contribution in [0.15, 0.2) is 6.33 Å². The summed E-state index contributed by atoms with van der Waals surface area (Å²) in [7, 11) is 0. The Hall–Kier alpha value is -1.36. The van der Waals surface area contributed by atoms with Crippen molar-refractivity contribution in [2.45, 2.75) is 19.9 Å². The molecule has 0 radical (unpaired) electrons. The van der Waals surface area contributed by atoms with Crippen LogP contribution < -0.4 is 16.8 Å². The predicted molar refractivity (Wildman–Crippen MR) is 47.6 cm³/mol. The summed E-state index contributed by atoms with van der Waals surface area (Å²) in [6, 6.07) is 0.404. The molecule has 12 heavy (non-hydrogen) atoms. The molecule has 0 aromatic carbocycles. The summed E-state index contributed by atoms with van der Waals surface area (Å²) in [6.07, 6.45) is 1.42. The smallest absolute Gasteiger partial charge is 0.253 e. The third kappa shape index (κ3) is 1.82. The number of aromatic nitrogens is 2. The molecule has 5 nitrogen and oxygen atoms in total. The number of nitrogens with two attached hydrogens (primary N) is 3. The molecule has 0 atom stereocenters. The Kier molecular flexibility index (Phi) is 2.44. The lowest BCUT2D eigenvalue weighted by Gasteiger charge is -2.05. The molecule has 1 aromatic heterocycles. The highest BCUT2D eigenvalue weighted by atomic mass is 15.1. The standard InChI is InChI=1S/C7H13N5/c1-4(2)12-7-5(8)6(9)10-3-11-7/h3-4H,8H2,1-2H3,(H3,9,10,11,12)/p+1. The van der Waals surface area contributed by atoms with Gasteiger partial charge in [0.1, 0.15) is 6.33 Å². The van der Waals surface area contributed by atoms with Crippen LogP contribution in [0.2, 0.25) is 0 Å². The van der Waals surface area contributed by atoms with E-state index in [4.69, 9.17) is 11.5 Å². The molecule has 0 amide bonds. The largest absolute Gasteiger partial charge is 0.389 e. The minimum absolute atomic E-state index is 0.344. The molecule has 0 spiro atoms. The summed E-state index contributed by atoms with van der Waals surface area (Å²) in [5.74, 6) is 1.06. The Morgan fingerprint density at radius 1 is 1.33 bits per heavy atom. The maximum Gasteiger partial charge on any atom is 0.253 e. The molecule has 6 N–H and O–H groups in total. The number of nitrogen functional groups attached to an aromatic ring is 2. The molecule has 0 aliphatic carbocycles. The normalized spacial score (nSPS) is 10.6. The van der Waals surface area contributed by atoms with Gasteiger partial charge in [-0.25, -0.2) is 4.98 Å². The van der Waals surface area contributed by atoms with E-state index in [0.717, 1.165) is 5.82 Å². The fourth-order valence-electron chi connectivity index (χ4n) is 0.872. The van der Waals surface area contributed by atoms with Gasteiger partial charge in [0.25, 0.3) is 5.82 Å². The first-order valence-electron chi connectivity index (χ1n) is 3.82. The second-order valence-electron chi connectivity index (χ2n) is 2.97. The maximum atomic E-state index is 5.65. The van der Waals surface area contributed by atoms with Gasteiger partial charge >= 0.3 is 0 Å². The molecule has 0 bridgehead atoms. The third-order valence-corrected chi connectivity index (χ3v) is 1.44. The molecular formula is C7H14N5+. The summed E-state index contributed by atoms with van der Waals surface area (Å²) in [4.78, 5) is 7.78. The van der Waals surface area contributed by atoms with Crippen LogP contribution in [0.5, 0.6) is 0 Å². The lowest BCUT2D eigenvalue weighted by Crippen LogP contribution is -2.83. The van der Waals surface area contributed by atoms with Crippen molar-refractivity contribution in [1.82, 2.24) is 9.97 Å². The van der Waals surface area contributed by atoms with Gasteiger partial charge < -0.3 is 11.5 Å². The van der Waals surface area contributed by atoms with Gasteiger partial charge in [0.2, 0.25) is 0 Å². The lowest BCUT2D eigenvalue weighted by molar-refractivity contribution is -0.605. The zero-order chi connectivity index (χ0) is 9.14. The first-order chi connectivity index (χ1) is 5.61. The molecule has 0 aliphatic heterocycles. The van der Waals surface area contributed by atoms with E-state index < -0.39 is 0 Å². The van der Waals surface area contributed by atoms with Gasteiger partial charge in [0, 0.05) is 0 Å². The lowest BCUT2D eigenvalue weighted by atomic mass is 10.3. The van der Waals surface area contributed by atoms with Gasteiger partial charge in [0.15, 0.2) is 11.5 Å². The van der Waals surface area contributed by atoms with Crippen molar-refractivity contribution in [2.75, 3.05) is 11.5 Å². The number of hydrogen-bond donors (Lipinski definition) is 3. The molecule has 1 rings (SSSR count). The van der Waals surface area contributed by atoms with Crippen LogP contribution in [0.1, 0.15) is 13.8 Å². The zero-order valence-electron chi connectivity index (χ0n) is 7.28. The average molecular weight is 168 g/mol. The van der Waals surface area contributed by atoms with Crippen molar-refractivity contribution in [2.24, 2.45) is 0 Å². The van der Waals surface area contributed by atoms with Crippen LogP contribution in [0.25, 0.3) is 0 Å². The average Bonchev–Trinajstić information content (AvgIpc) is 1.98. The molecule has 0 saturated heterocycles. The molecule has 1 heterocycles. The molecule has 0 fully saturated rings. The van der Waals surface area contributed by atoms with Crippen LogP contribution in [-0.4, -0.2) is 16.0 Å². The molecule has 0 aliphatic rings. The van der Waals surface area contributed by atoms with E-state index in [0.29, 0.717) is 17.5 Å². The molecule has 66 valence electrons. The second kappa shape index (κ2) is 3.36. The Morgan fingerprint density at radius 2 is 2.00 bits per heavy atom. The van der Waals surface area contributed by atoms with Crippen molar-refractivity contribution in [3.63, 3.8) is 0 Å². The van der Waals surface area contributed by atoms with E-state index in [2.05, 4.69) is 23.8 Å². The molecular weight excluding hydrogens is 154 g/mol. The van der Waals surface area contributed by atoms with Crippen molar-refractivity contribution in [1.29, 1.82) is 0 Å². The van der Waals surface area contributed by atoms with Crippen molar-refractivity contribution in [3.8, 4) is 0 Å². The second-order valence-corrected chi connectivity index (χ2v) is 2.97. The first kappa shape index (κ1) is 8.73. The summed E-state index contributed by atoms with van der Waals surface area (Å²) in [6.45, 7) is 4.11. The zero-order valence-corrected chi connectivity index (χ0v) is 7.28. The van der Waals surface area contributed by atoms with Gasteiger partial charge in [-0.2, -0.15) is 4.98 Å². The quantitative estimate of drug-likeness (QED) is 0.541. The summed E-state index contributed by atoms with van der Waals surface area (Å²) in [5, 5.41) is 1.95. The van der Waals surface area contributed by atoms with Gasteiger partial charge in [0.05, 0.1) is 6.04 Å². The van der Waals surface area contributed by atoms with Gasteiger partial charge in [-0.3, -0.25) is 5.32 Å². The van der Waals surface area contributed by atoms with Crippen LogP contribution in [-0.2, 0) is 0 Å². The predicted octanol–water partition coefficient (Wildman–Crippen LogP) is -0.756. The molecule has 1 aromatic rings. The number of quaternary nitrogens is 1. The molecule has 0 unspecified atom stereocenters. The van der Waals surface area contributed by atoms with Crippen molar-refractivity contribution in [3.05, 3.63) is 6.33 Å². The Morgan fingerprint density at radius 3 is 2.58 bits per heavy atom. The van der Waals surface area contributed by atoms with Crippen LogP contribution in [0.3, 0.4) is 0 Å². The molecule has 5 heteroatoms. The minimum atomic E-state index is 0.344. The SMILES string of the molecule is CC(C)[NH2+]c1ncnc(N)c1N. The Labute approximate surface area is 71.2 Å². The Balaban J connectivity index is 2.92. The number of anilines is 2. The van der Waals surface area contributed by atoms with Crippen LogP contribution in [0, 0.1) is 0 Å². The van der Waals surface area contributed by atoms with E-state index >= 15 is 0 Å². The number of nitrogens with zero attached hydrogens (tertiary/aromatic N) is 2. The topological polar surface area (TPSA) is 94.4 Å². The summed E-state index contributed by atoms with van der Waals surface area (Å²) >= 11 is 0. The highest BCUT2D eigenvalue weighted by Gasteiger charge is 2.09. The van der Waals surface area contributed by atoms with E-state index in [1.807, 2.05) is 5.32 Å². The van der Waals surface area contributed by atoms with Gasteiger partial charge in [-0.1, -0.05) is 0 Å². The van der Waals surface area contributed by atoms with E-state index in [1.165, 1.54) is 6.33 Å². The van der Waals surface area contributed by atoms with Crippen LogP contribution >= 0.6 is 0 Å². The minimum Gasteiger partial charge on any atom is -0.389 e. The van der Waals surface area contributed by atoms with Crippen molar-refractivity contribution >= 4 is 17.3 Å². The summed E-state index contributed by atoms with van der Waals surface area (Å²) < 4.78 is 0. The number of hydrogen-bond acceptors (Lipinski definition) is 4. The molecule has 0 saturated carbocycles. The van der Waals surface area contributed by atoms with E-state index in [9.17, 15) is 0 Å². The fourth-order valence-corrected chi connectivity index (χ4v) is 0.872. The van der Waals surface area contributed by atoms with Crippen molar-refractivity contribution < 1.29 is 5.32 Å². The summed E-state index contributed by atoms with van der Waals surface area (Å²) in [5.41, 5.74) is 11.6. The van der Waals surface area contributed by atoms with Gasteiger partial charge in [-0.15, -0.1) is 0 Å². The van der Waals surface area contributed by atoms with Gasteiger partial charge in [-0.05, 0) is 13.8 Å². The Bertz CT molecular complexity index is 270. The maximum absolute atomic E-state index is 5.65. The van der Waals surface area contributed by atoms with E-state index in [1.54, 1.807) is 0 Å². The third-order valence-electron chi connectivity index (χ3n) is 1.44. The van der Waals surface area contributed by atoms with E-state index in [-0.39, 0.29) is 0 Å². The highest BCUT2D eigenvalue weighted by Crippen LogP contribution is 2.14.